The lowest BCUT2D eigenvalue weighted by molar-refractivity contribution is 0.0975. The molecule has 23 heavy (non-hydrogen) atoms. The second-order valence-electron chi connectivity index (χ2n) is 4.61. The van der Waals surface area contributed by atoms with Crippen molar-refractivity contribution in [2.45, 2.75) is 0 Å². The van der Waals surface area contributed by atoms with Gasteiger partial charge in [0.25, 0.3) is 0 Å². The Balaban J connectivity index is 2.02. The van der Waals surface area contributed by atoms with E-state index < -0.39 is 17.0 Å². The average molecular weight is 306 g/mol. The van der Waals surface area contributed by atoms with Gasteiger partial charge in [-0.2, -0.15) is 0 Å². The first-order valence-corrected chi connectivity index (χ1v) is 6.72. The Kier molecular flexibility index (Phi) is 3.88. The molecule has 3 aromatic heterocycles. The summed E-state index contributed by atoms with van der Waals surface area (Å²) in [6.45, 7) is 0. The summed E-state index contributed by atoms with van der Waals surface area (Å²) in [5, 5.41) is 0. The summed E-state index contributed by atoms with van der Waals surface area (Å²) in [5.74, 6) is -1.62. The molecule has 0 fully saturated rings. The summed E-state index contributed by atoms with van der Waals surface area (Å²) in [4.78, 5) is 44.2. The lowest BCUT2D eigenvalue weighted by Gasteiger charge is -2.03. The zero-order chi connectivity index (χ0) is 16.2. The molecule has 0 unspecified atom stereocenters. The van der Waals surface area contributed by atoms with Gasteiger partial charge in [-0.15, -0.1) is 0 Å². The van der Waals surface area contributed by atoms with Crippen molar-refractivity contribution in [2.24, 2.45) is 0 Å². The second-order valence-corrected chi connectivity index (χ2v) is 4.61. The van der Waals surface area contributed by atoms with Crippen LogP contribution in [0.2, 0.25) is 0 Å². The molecule has 0 radical (unpaired) electrons. The van der Waals surface area contributed by atoms with Gasteiger partial charge in [-0.3, -0.25) is 24.4 Å². The predicted molar refractivity (Wildman–Crippen MR) is 80.3 cm³/mol. The maximum Gasteiger partial charge on any atom is 0.246 e. The molecule has 0 saturated carbocycles. The zero-order valence-corrected chi connectivity index (χ0v) is 11.8. The van der Waals surface area contributed by atoms with Crippen LogP contribution in [0.3, 0.4) is 0 Å². The van der Waals surface area contributed by atoms with Gasteiger partial charge >= 0.3 is 0 Å². The number of nitrogens with zero attached hydrogens (tertiary/aromatic N) is 2. The fraction of sp³-hybridized carbons (Fsp3) is 0. The van der Waals surface area contributed by atoms with Gasteiger partial charge in [0.2, 0.25) is 11.6 Å². The highest BCUT2D eigenvalue weighted by atomic mass is 16.4. The average Bonchev–Trinajstić information content (AvgIpc) is 2.61. The molecule has 0 aliphatic rings. The van der Waals surface area contributed by atoms with Crippen molar-refractivity contribution in [3.05, 3.63) is 94.1 Å². The van der Waals surface area contributed by atoms with E-state index in [1.165, 1.54) is 24.5 Å². The molecule has 0 saturated heterocycles. The summed E-state index contributed by atoms with van der Waals surface area (Å²) in [6, 6.07) is 11.7. The normalized spacial score (nSPS) is 10.3. The number of ketones is 2. The molecule has 0 aliphatic heterocycles. The zero-order valence-electron chi connectivity index (χ0n) is 11.8. The van der Waals surface area contributed by atoms with Crippen molar-refractivity contribution in [3.8, 4) is 0 Å². The van der Waals surface area contributed by atoms with E-state index in [1.54, 1.807) is 24.3 Å². The Morgan fingerprint density at radius 3 is 1.65 bits per heavy atom. The molecule has 0 bridgehead atoms. The molecular weight excluding hydrogens is 296 g/mol. The maximum absolute atomic E-state index is 12.3. The van der Waals surface area contributed by atoms with Gasteiger partial charge in [-0.25, -0.2) is 0 Å². The summed E-state index contributed by atoms with van der Waals surface area (Å²) < 4.78 is 5.31. The van der Waals surface area contributed by atoms with Crippen molar-refractivity contribution in [2.75, 3.05) is 0 Å². The third kappa shape index (κ3) is 3.11. The molecule has 3 rings (SSSR count). The van der Waals surface area contributed by atoms with E-state index in [0.29, 0.717) is 0 Å². The van der Waals surface area contributed by atoms with Crippen molar-refractivity contribution in [1.82, 2.24) is 9.97 Å². The number of carbonyl (C=O) groups excluding carboxylic acids is 2. The Hall–Kier alpha value is -3.41. The molecule has 0 N–H and O–H groups in total. The predicted octanol–water partition coefficient (Wildman–Crippen LogP) is 1.89. The fourth-order valence-electron chi connectivity index (χ4n) is 1.95. The van der Waals surface area contributed by atoms with E-state index in [2.05, 4.69) is 9.97 Å². The van der Waals surface area contributed by atoms with Gasteiger partial charge in [0.15, 0.2) is 16.9 Å². The molecular formula is C17H10N2O4. The molecule has 3 heterocycles. The minimum Gasteiger partial charge on any atom is -0.449 e. The Labute approximate surface area is 130 Å². The van der Waals surface area contributed by atoms with E-state index in [4.69, 9.17) is 4.42 Å². The molecule has 0 aromatic carbocycles. The van der Waals surface area contributed by atoms with E-state index in [0.717, 1.165) is 12.1 Å². The smallest absolute Gasteiger partial charge is 0.246 e. The highest BCUT2D eigenvalue weighted by Gasteiger charge is 2.19. The van der Waals surface area contributed by atoms with Crippen LogP contribution in [-0.2, 0) is 0 Å². The summed E-state index contributed by atoms with van der Waals surface area (Å²) in [7, 11) is 0. The van der Waals surface area contributed by atoms with Crippen LogP contribution in [0.1, 0.15) is 32.5 Å². The Morgan fingerprint density at radius 1 is 0.783 bits per heavy atom. The van der Waals surface area contributed by atoms with Crippen LogP contribution in [0.4, 0.5) is 0 Å². The van der Waals surface area contributed by atoms with Gasteiger partial charge in [0.05, 0.1) is 0 Å². The van der Waals surface area contributed by atoms with E-state index in [1.807, 2.05) is 0 Å². The van der Waals surface area contributed by atoms with Crippen LogP contribution in [0.5, 0.6) is 0 Å². The molecule has 0 amide bonds. The molecule has 6 heteroatoms. The number of carbonyl (C=O) groups is 2. The van der Waals surface area contributed by atoms with Gasteiger partial charge < -0.3 is 4.42 Å². The Morgan fingerprint density at radius 2 is 1.26 bits per heavy atom. The van der Waals surface area contributed by atoms with E-state index in [9.17, 15) is 14.4 Å². The van der Waals surface area contributed by atoms with Crippen LogP contribution < -0.4 is 5.43 Å². The van der Waals surface area contributed by atoms with Crippen LogP contribution in [0, 0.1) is 0 Å². The first-order chi connectivity index (χ1) is 11.1. The van der Waals surface area contributed by atoms with E-state index >= 15 is 0 Å². The first-order valence-electron chi connectivity index (χ1n) is 6.72. The topological polar surface area (TPSA) is 90.1 Å². The minimum absolute atomic E-state index is 0.123. The standard InChI is InChI=1S/C17H10N2O4/c20-11-9-14(16(21)12-5-1-3-7-18-12)23-15(10-11)17(22)13-6-2-4-8-19-13/h1-10H. The van der Waals surface area contributed by atoms with E-state index in [-0.39, 0.29) is 22.9 Å². The van der Waals surface area contributed by atoms with Gasteiger partial charge in [-0.05, 0) is 24.3 Å². The molecule has 0 aliphatic carbocycles. The van der Waals surface area contributed by atoms with Crippen LogP contribution in [0.15, 0.2) is 70.1 Å². The SMILES string of the molecule is O=C(c1ccccn1)c1cc(=O)cc(C(=O)c2ccccn2)o1. The summed E-state index contributed by atoms with van der Waals surface area (Å²) in [5.41, 5.74) is -0.258. The highest BCUT2D eigenvalue weighted by Crippen LogP contribution is 2.11. The van der Waals surface area contributed by atoms with Crippen molar-refractivity contribution >= 4 is 11.6 Å². The third-order valence-corrected chi connectivity index (χ3v) is 3.01. The molecule has 3 aromatic rings. The quantitative estimate of drug-likeness (QED) is 0.684. The molecule has 0 atom stereocenters. The number of hydrogen-bond acceptors (Lipinski definition) is 6. The van der Waals surface area contributed by atoms with Crippen LogP contribution in [0.25, 0.3) is 0 Å². The Bertz CT molecular complexity index is 845. The number of pyridine rings is 2. The monoisotopic (exact) mass is 306 g/mol. The van der Waals surface area contributed by atoms with Crippen LogP contribution in [-0.4, -0.2) is 21.5 Å². The maximum atomic E-state index is 12.3. The highest BCUT2D eigenvalue weighted by molar-refractivity contribution is 6.08. The number of aromatic nitrogens is 2. The van der Waals surface area contributed by atoms with Crippen molar-refractivity contribution in [3.63, 3.8) is 0 Å². The van der Waals surface area contributed by atoms with Crippen LogP contribution >= 0.6 is 0 Å². The number of rotatable bonds is 4. The summed E-state index contributed by atoms with van der Waals surface area (Å²) >= 11 is 0. The third-order valence-electron chi connectivity index (χ3n) is 3.01. The lowest BCUT2D eigenvalue weighted by Crippen LogP contribution is -2.13. The van der Waals surface area contributed by atoms with Gasteiger partial charge in [-0.1, -0.05) is 12.1 Å². The van der Waals surface area contributed by atoms with Crippen molar-refractivity contribution < 1.29 is 14.0 Å². The molecule has 112 valence electrons. The minimum atomic E-state index is -0.571. The van der Waals surface area contributed by atoms with Crippen molar-refractivity contribution in [1.29, 1.82) is 0 Å². The largest absolute Gasteiger partial charge is 0.449 e. The fourth-order valence-corrected chi connectivity index (χ4v) is 1.95. The second kappa shape index (κ2) is 6.15. The van der Waals surface area contributed by atoms with Gasteiger partial charge in [0, 0.05) is 24.5 Å². The molecule has 6 nitrogen and oxygen atoms in total. The lowest BCUT2D eigenvalue weighted by atomic mass is 10.1. The number of hydrogen-bond donors (Lipinski definition) is 0. The molecule has 0 spiro atoms. The first kappa shape index (κ1) is 14.5. The summed E-state index contributed by atoms with van der Waals surface area (Å²) in [6.07, 6.45) is 2.91. The van der Waals surface area contributed by atoms with Gasteiger partial charge in [0.1, 0.15) is 11.4 Å².